The monoisotopic (exact) mass is 311 g/mol. The Morgan fingerprint density at radius 1 is 1.38 bits per heavy atom. The molecule has 8 nitrogen and oxygen atoms in total. The van der Waals surface area contributed by atoms with Gasteiger partial charge in [0.25, 0.3) is 0 Å². The Kier molecular flexibility index (Phi) is 3.74. The zero-order chi connectivity index (χ0) is 15.1. The molecule has 0 aliphatic carbocycles. The fourth-order valence-electron chi connectivity index (χ4n) is 2.50. The molecular weight excluding hydrogens is 294 g/mol. The smallest absolute Gasteiger partial charge is 0.167 e. The van der Waals surface area contributed by atoms with Gasteiger partial charge < -0.3 is 20.7 Å². The van der Waals surface area contributed by atoms with Crippen LogP contribution in [0, 0.1) is 6.92 Å². The average molecular weight is 311 g/mol. The first-order chi connectivity index (χ1) is 10.0. The zero-order valence-corrected chi connectivity index (χ0v) is 12.5. The quantitative estimate of drug-likeness (QED) is 0.707. The van der Waals surface area contributed by atoms with Crippen molar-refractivity contribution in [1.82, 2.24) is 19.5 Å². The molecule has 2 aromatic rings. The Morgan fingerprint density at radius 3 is 2.86 bits per heavy atom. The highest BCUT2D eigenvalue weighted by molar-refractivity contribution is 7.98. The third kappa shape index (κ3) is 2.35. The van der Waals surface area contributed by atoms with Gasteiger partial charge in [-0.1, -0.05) is 0 Å². The van der Waals surface area contributed by atoms with Gasteiger partial charge in [0.1, 0.15) is 23.5 Å². The maximum atomic E-state index is 10.2. The molecule has 2 unspecified atom stereocenters. The fourth-order valence-corrected chi connectivity index (χ4v) is 3.10. The van der Waals surface area contributed by atoms with Gasteiger partial charge in [-0.2, -0.15) is 11.8 Å². The van der Waals surface area contributed by atoms with Crippen molar-refractivity contribution in [3.63, 3.8) is 0 Å². The van der Waals surface area contributed by atoms with Gasteiger partial charge in [-0.15, -0.1) is 0 Å². The van der Waals surface area contributed by atoms with Crippen LogP contribution in [-0.2, 0) is 4.74 Å². The van der Waals surface area contributed by atoms with Crippen LogP contribution in [0.25, 0.3) is 11.2 Å². The van der Waals surface area contributed by atoms with Crippen LogP contribution < -0.4 is 5.73 Å². The highest BCUT2D eigenvalue weighted by Gasteiger charge is 2.44. The van der Waals surface area contributed by atoms with E-state index in [0.29, 0.717) is 22.7 Å². The molecule has 0 bridgehead atoms. The molecule has 0 amide bonds. The second-order valence-corrected chi connectivity index (χ2v) is 5.89. The molecule has 1 fully saturated rings. The van der Waals surface area contributed by atoms with Gasteiger partial charge in [-0.05, 0) is 13.2 Å². The van der Waals surface area contributed by atoms with E-state index < -0.39 is 24.5 Å². The summed E-state index contributed by atoms with van der Waals surface area (Å²) in [6.45, 7) is 1.73. The topological polar surface area (TPSA) is 119 Å². The van der Waals surface area contributed by atoms with Gasteiger partial charge in [0.05, 0.1) is 12.4 Å². The number of ether oxygens (including phenoxy) is 1. The standard InChI is InChI=1S/C12H17N5O3S/c1-5-15-10(13)7-11(16-5)17(4-14-7)12-9(19)8(18)6(20-12)3-21-2/h4,6,8-9,12,18-19H,3H2,1-2H3,(H2,13,15,16)/t6-,8?,9?,12-/m1/s1. The summed E-state index contributed by atoms with van der Waals surface area (Å²) in [5, 5.41) is 20.3. The summed E-state index contributed by atoms with van der Waals surface area (Å²) in [4.78, 5) is 12.5. The molecule has 2 aromatic heterocycles. The van der Waals surface area contributed by atoms with Crippen LogP contribution in [0.2, 0.25) is 0 Å². The van der Waals surface area contributed by atoms with Gasteiger partial charge >= 0.3 is 0 Å². The lowest BCUT2D eigenvalue weighted by Crippen LogP contribution is -2.32. The van der Waals surface area contributed by atoms with Crippen molar-refractivity contribution in [3.05, 3.63) is 12.2 Å². The maximum Gasteiger partial charge on any atom is 0.167 e. The number of nitrogen functional groups attached to an aromatic ring is 1. The lowest BCUT2D eigenvalue weighted by atomic mass is 10.1. The van der Waals surface area contributed by atoms with Gasteiger partial charge in [0, 0.05) is 5.75 Å². The number of hydrogen-bond donors (Lipinski definition) is 3. The lowest BCUT2D eigenvalue weighted by molar-refractivity contribution is -0.0288. The molecular formula is C12H17N5O3S. The Labute approximate surface area is 125 Å². The van der Waals surface area contributed by atoms with E-state index in [-0.39, 0.29) is 5.82 Å². The van der Waals surface area contributed by atoms with E-state index in [4.69, 9.17) is 10.5 Å². The van der Waals surface area contributed by atoms with Gasteiger partial charge in [-0.3, -0.25) is 4.57 Å². The number of aliphatic hydroxyl groups excluding tert-OH is 2. The number of anilines is 1. The number of aromatic nitrogens is 4. The van der Waals surface area contributed by atoms with E-state index in [1.54, 1.807) is 23.3 Å². The normalized spacial score (nSPS) is 29.3. The van der Waals surface area contributed by atoms with Crippen LogP contribution in [0.15, 0.2) is 6.33 Å². The molecule has 3 heterocycles. The molecule has 0 saturated carbocycles. The number of nitrogens with two attached hydrogens (primary N) is 1. The summed E-state index contributed by atoms with van der Waals surface area (Å²) in [6.07, 6.45) is 0.251. The Balaban J connectivity index is 2.01. The van der Waals surface area contributed by atoms with E-state index >= 15 is 0 Å². The van der Waals surface area contributed by atoms with Crippen LogP contribution >= 0.6 is 11.8 Å². The summed E-state index contributed by atoms with van der Waals surface area (Å²) >= 11 is 1.55. The number of hydrogen-bond acceptors (Lipinski definition) is 8. The number of imidazole rings is 1. The fraction of sp³-hybridized carbons (Fsp3) is 0.583. The average Bonchev–Trinajstić information content (AvgIpc) is 2.96. The molecule has 3 rings (SSSR count). The number of fused-ring (bicyclic) bond motifs is 1. The minimum absolute atomic E-state index is 0.282. The molecule has 21 heavy (non-hydrogen) atoms. The predicted octanol–water partition coefficient (Wildman–Crippen LogP) is -0.301. The Morgan fingerprint density at radius 2 is 2.14 bits per heavy atom. The van der Waals surface area contributed by atoms with E-state index in [1.807, 2.05) is 6.26 Å². The molecule has 0 radical (unpaired) electrons. The summed E-state index contributed by atoms with van der Waals surface area (Å²) in [6, 6.07) is 0. The first-order valence-corrected chi connectivity index (χ1v) is 7.89. The molecule has 0 aromatic carbocycles. The molecule has 0 spiro atoms. The van der Waals surface area contributed by atoms with Gasteiger partial charge in [0.2, 0.25) is 0 Å². The van der Waals surface area contributed by atoms with E-state index in [9.17, 15) is 10.2 Å². The van der Waals surface area contributed by atoms with E-state index in [2.05, 4.69) is 15.0 Å². The van der Waals surface area contributed by atoms with Crippen molar-refractivity contribution in [2.24, 2.45) is 0 Å². The van der Waals surface area contributed by atoms with Gasteiger partial charge in [-0.25, -0.2) is 15.0 Å². The summed E-state index contributed by atoms with van der Waals surface area (Å²) < 4.78 is 7.35. The first kappa shape index (κ1) is 14.5. The molecule has 114 valence electrons. The predicted molar refractivity (Wildman–Crippen MR) is 78.8 cm³/mol. The highest BCUT2D eigenvalue weighted by Crippen LogP contribution is 2.33. The van der Waals surface area contributed by atoms with Crippen molar-refractivity contribution in [2.45, 2.75) is 31.5 Å². The van der Waals surface area contributed by atoms with Crippen molar-refractivity contribution in [3.8, 4) is 0 Å². The number of rotatable bonds is 3. The maximum absolute atomic E-state index is 10.2. The largest absolute Gasteiger partial charge is 0.387 e. The number of nitrogens with zero attached hydrogens (tertiary/aromatic N) is 4. The van der Waals surface area contributed by atoms with Crippen molar-refractivity contribution < 1.29 is 14.9 Å². The SMILES string of the molecule is CSC[C@H]1O[C@@H](n2cnc3c(N)nc(C)nc32)C(O)C1O. The van der Waals surface area contributed by atoms with Crippen LogP contribution in [0.1, 0.15) is 12.1 Å². The van der Waals surface area contributed by atoms with Gasteiger partial charge in [0.15, 0.2) is 17.7 Å². The minimum atomic E-state index is -1.05. The second kappa shape index (κ2) is 5.41. The summed E-state index contributed by atoms with van der Waals surface area (Å²) in [7, 11) is 0. The third-order valence-corrected chi connectivity index (χ3v) is 4.16. The van der Waals surface area contributed by atoms with Crippen LogP contribution in [0.3, 0.4) is 0 Å². The third-order valence-electron chi connectivity index (χ3n) is 3.50. The Hall–Kier alpha value is -1.42. The summed E-state index contributed by atoms with van der Waals surface area (Å²) in [5.41, 5.74) is 6.77. The number of aliphatic hydroxyl groups is 2. The highest BCUT2D eigenvalue weighted by atomic mass is 32.2. The molecule has 1 aliphatic rings. The minimum Gasteiger partial charge on any atom is -0.387 e. The van der Waals surface area contributed by atoms with E-state index in [0.717, 1.165) is 0 Å². The summed E-state index contributed by atoms with van der Waals surface area (Å²) in [5.74, 6) is 1.39. The molecule has 1 aliphatic heterocycles. The molecule has 9 heteroatoms. The number of thioether (sulfide) groups is 1. The first-order valence-electron chi connectivity index (χ1n) is 6.50. The number of aryl methyl sites for hydroxylation is 1. The second-order valence-electron chi connectivity index (χ2n) is 4.98. The van der Waals surface area contributed by atoms with Crippen LogP contribution in [-0.4, -0.2) is 60.1 Å². The van der Waals surface area contributed by atoms with Crippen molar-refractivity contribution >= 4 is 28.7 Å². The van der Waals surface area contributed by atoms with E-state index in [1.165, 1.54) is 6.33 Å². The molecule has 4 atom stereocenters. The molecule has 4 N–H and O–H groups in total. The molecule has 1 saturated heterocycles. The zero-order valence-electron chi connectivity index (χ0n) is 11.7. The lowest BCUT2D eigenvalue weighted by Gasteiger charge is -2.16. The van der Waals surface area contributed by atoms with Crippen LogP contribution in [0.5, 0.6) is 0 Å². The Bertz CT molecular complexity index is 664. The van der Waals surface area contributed by atoms with Crippen LogP contribution in [0.4, 0.5) is 5.82 Å². The van der Waals surface area contributed by atoms with Crippen molar-refractivity contribution in [2.75, 3.05) is 17.7 Å². The van der Waals surface area contributed by atoms with Crippen molar-refractivity contribution in [1.29, 1.82) is 0 Å².